The van der Waals surface area contributed by atoms with E-state index in [4.69, 9.17) is 4.74 Å². The van der Waals surface area contributed by atoms with E-state index in [1.54, 1.807) is 28.9 Å². The van der Waals surface area contributed by atoms with Crippen LogP contribution in [0.2, 0.25) is 0 Å². The largest absolute Gasteiger partial charge is 0.496 e. The first kappa shape index (κ1) is 22.7. The van der Waals surface area contributed by atoms with E-state index in [1.165, 1.54) is 13.2 Å². The number of Topliss-reactive ketones (excluding diaryl/α,β-unsaturated/α-hetero) is 1. The molecule has 4 rings (SSSR count). The van der Waals surface area contributed by atoms with Crippen LogP contribution >= 0.6 is 0 Å². The minimum atomic E-state index is -0.633. The van der Waals surface area contributed by atoms with Gasteiger partial charge in [0, 0.05) is 48.8 Å². The Morgan fingerprint density at radius 1 is 1.33 bits per heavy atom. The highest BCUT2D eigenvalue weighted by molar-refractivity contribution is 6.02. The number of ether oxygens (including phenoxy) is 1. The highest BCUT2D eigenvalue weighted by atomic mass is 19.1. The smallest absolute Gasteiger partial charge is 0.220 e. The molecule has 1 aliphatic heterocycles. The summed E-state index contributed by atoms with van der Waals surface area (Å²) in [7, 11) is 1.52. The van der Waals surface area contributed by atoms with Crippen LogP contribution in [0.4, 0.5) is 10.2 Å². The second kappa shape index (κ2) is 8.80. The van der Waals surface area contributed by atoms with Crippen molar-refractivity contribution in [2.24, 2.45) is 11.3 Å². The van der Waals surface area contributed by atoms with E-state index in [9.17, 15) is 14.0 Å². The molecule has 4 heterocycles. The summed E-state index contributed by atoms with van der Waals surface area (Å²) in [6, 6.07) is 4.77. The molecule has 3 aromatic heterocycles. The summed E-state index contributed by atoms with van der Waals surface area (Å²) in [5.74, 6) is 0.320. The van der Waals surface area contributed by atoms with Gasteiger partial charge in [0.15, 0.2) is 5.78 Å². The summed E-state index contributed by atoms with van der Waals surface area (Å²) in [6.07, 6.45) is 4.62. The average molecular weight is 454 g/mol. The Morgan fingerprint density at radius 2 is 2.12 bits per heavy atom. The molecule has 0 radical (unpaired) electrons. The number of amides is 1. The minimum Gasteiger partial charge on any atom is -0.496 e. The van der Waals surface area contributed by atoms with Crippen molar-refractivity contribution in [2.45, 2.75) is 33.6 Å². The van der Waals surface area contributed by atoms with Crippen molar-refractivity contribution in [1.29, 1.82) is 0 Å². The number of aromatic nitrogens is 3. The van der Waals surface area contributed by atoms with Crippen molar-refractivity contribution in [3.63, 3.8) is 0 Å². The predicted molar refractivity (Wildman–Crippen MR) is 123 cm³/mol. The zero-order chi connectivity index (χ0) is 23.8. The van der Waals surface area contributed by atoms with Gasteiger partial charge in [-0.25, -0.2) is 9.97 Å². The summed E-state index contributed by atoms with van der Waals surface area (Å²) in [6.45, 7) is 6.71. The number of pyridine rings is 2. The fraction of sp³-hybridized carbons (Fsp3) is 0.417. The van der Waals surface area contributed by atoms with Gasteiger partial charge in [0.25, 0.3) is 0 Å². The number of hydrogen-bond donors (Lipinski definition) is 2. The highest BCUT2D eigenvalue weighted by Gasteiger charge is 2.27. The standard InChI is InChI=1S/C24H28FN5O3/c1-24(2,3)23(32)16-13-30-17(12-28-21(30)10-18(16)33-4)15-8-19(25)29-20(9-15)27-11-14-5-6-26-22(31)7-14/h8-10,12-14H,5-7,11H2,1-4H3,(H,26,31)(H,27,29). The maximum atomic E-state index is 14.4. The molecule has 8 nitrogen and oxygen atoms in total. The quantitative estimate of drug-likeness (QED) is 0.436. The predicted octanol–water partition coefficient (Wildman–Crippen LogP) is 3.71. The lowest BCUT2D eigenvalue weighted by Crippen LogP contribution is -2.36. The van der Waals surface area contributed by atoms with Crippen molar-refractivity contribution in [1.82, 2.24) is 19.7 Å². The van der Waals surface area contributed by atoms with Gasteiger partial charge in [0.05, 0.1) is 24.6 Å². The van der Waals surface area contributed by atoms with Gasteiger partial charge in [-0.15, -0.1) is 0 Å². The fourth-order valence-corrected chi connectivity index (χ4v) is 3.97. The van der Waals surface area contributed by atoms with Crippen LogP contribution in [0.3, 0.4) is 0 Å². The number of anilines is 1. The highest BCUT2D eigenvalue weighted by Crippen LogP contribution is 2.31. The van der Waals surface area contributed by atoms with Crippen LogP contribution in [0.25, 0.3) is 16.9 Å². The van der Waals surface area contributed by atoms with Gasteiger partial charge in [0.2, 0.25) is 11.9 Å². The lowest BCUT2D eigenvalue weighted by Gasteiger charge is -2.22. The molecule has 33 heavy (non-hydrogen) atoms. The van der Waals surface area contributed by atoms with Gasteiger partial charge >= 0.3 is 0 Å². The number of fused-ring (bicyclic) bond motifs is 1. The van der Waals surface area contributed by atoms with Crippen molar-refractivity contribution in [3.8, 4) is 17.0 Å². The number of ketones is 1. The van der Waals surface area contributed by atoms with E-state index >= 15 is 0 Å². The number of imidazole rings is 1. The summed E-state index contributed by atoms with van der Waals surface area (Å²) >= 11 is 0. The third-order valence-corrected chi connectivity index (χ3v) is 5.77. The Bertz CT molecular complexity index is 1210. The molecule has 174 valence electrons. The second-order valence-corrected chi connectivity index (χ2v) is 9.36. The van der Waals surface area contributed by atoms with Crippen molar-refractivity contribution in [3.05, 3.63) is 42.1 Å². The van der Waals surface area contributed by atoms with Crippen LogP contribution in [0.15, 0.2) is 30.6 Å². The molecule has 2 N–H and O–H groups in total. The van der Waals surface area contributed by atoms with Crippen LogP contribution in [0, 0.1) is 17.3 Å². The van der Waals surface area contributed by atoms with Gasteiger partial charge in [0.1, 0.15) is 17.2 Å². The average Bonchev–Trinajstić information content (AvgIpc) is 3.18. The Hall–Kier alpha value is -3.49. The maximum Gasteiger partial charge on any atom is 0.220 e. The fourth-order valence-electron chi connectivity index (χ4n) is 3.97. The summed E-state index contributed by atoms with van der Waals surface area (Å²) in [5, 5.41) is 5.97. The molecule has 1 aliphatic rings. The van der Waals surface area contributed by atoms with E-state index in [-0.39, 0.29) is 17.6 Å². The van der Waals surface area contributed by atoms with Gasteiger partial charge < -0.3 is 15.4 Å². The molecule has 1 amide bonds. The summed E-state index contributed by atoms with van der Waals surface area (Å²) in [4.78, 5) is 33.0. The topological polar surface area (TPSA) is 97.6 Å². The van der Waals surface area contributed by atoms with Gasteiger partial charge in [-0.3, -0.25) is 14.0 Å². The molecule has 0 bridgehead atoms. The van der Waals surface area contributed by atoms with E-state index in [0.29, 0.717) is 53.5 Å². The Labute approximate surface area is 191 Å². The van der Waals surface area contributed by atoms with Gasteiger partial charge in [-0.05, 0) is 18.4 Å². The number of methoxy groups -OCH3 is 1. The van der Waals surface area contributed by atoms with E-state index in [2.05, 4.69) is 20.6 Å². The van der Waals surface area contributed by atoms with Gasteiger partial charge in [-0.2, -0.15) is 4.39 Å². The molecular formula is C24H28FN5O3. The zero-order valence-electron chi connectivity index (χ0n) is 19.2. The van der Waals surface area contributed by atoms with Crippen molar-refractivity contribution in [2.75, 3.05) is 25.5 Å². The number of hydrogen-bond acceptors (Lipinski definition) is 6. The number of rotatable bonds is 6. The molecular weight excluding hydrogens is 425 g/mol. The van der Waals surface area contributed by atoms with E-state index < -0.39 is 11.4 Å². The van der Waals surface area contributed by atoms with Crippen molar-refractivity contribution < 1.29 is 18.7 Å². The number of nitrogens with zero attached hydrogens (tertiary/aromatic N) is 3. The molecule has 1 atom stereocenters. The van der Waals surface area contributed by atoms with Crippen LogP contribution < -0.4 is 15.4 Å². The molecule has 0 spiro atoms. The normalized spacial score (nSPS) is 16.5. The Balaban J connectivity index is 1.68. The number of piperidine rings is 1. The SMILES string of the molecule is COc1cc2ncc(-c3cc(F)nc(NCC4CCNC(=O)C4)c3)n2cc1C(=O)C(C)(C)C. The number of carbonyl (C=O) groups excluding carboxylic acids is 2. The Kier molecular flexibility index (Phi) is 6.05. The third kappa shape index (κ3) is 4.81. The molecule has 0 aliphatic carbocycles. The zero-order valence-corrected chi connectivity index (χ0v) is 19.2. The van der Waals surface area contributed by atoms with Gasteiger partial charge in [-0.1, -0.05) is 20.8 Å². The second-order valence-electron chi connectivity index (χ2n) is 9.36. The minimum absolute atomic E-state index is 0.0303. The number of carbonyl (C=O) groups is 2. The lowest BCUT2D eigenvalue weighted by molar-refractivity contribution is -0.123. The third-order valence-electron chi connectivity index (χ3n) is 5.77. The van der Waals surface area contributed by atoms with E-state index in [1.807, 2.05) is 20.8 Å². The van der Waals surface area contributed by atoms with E-state index in [0.717, 1.165) is 6.42 Å². The Morgan fingerprint density at radius 3 is 2.82 bits per heavy atom. The van der Waals surface area contributed by atoms with Crippen molar-refractivity contribution >= 4 is 23.2 Å². The number of nitrogens with one attached hydrogen (secondary N) is 2. The molecule has 1 fully saturated rings. The first-order valence-corrected chi connectivity index (χ1v) is 10.9. The molecule has 0 saturated carbocycles. The monoisotopic (exact) mass is 453 g/mol. The lowest BCUT2D eigenvalue weighted by atomic mass is 9.87. The molecule has 3 aromatic rings. The summed E-state index contributed by atoms with van der Waals surface area (Å²) < 4.78 is 21.6. The van der Waals surface area contributed by atoms with Crippen LogP contribution in [0.1, 0.15) is 44.0 Å². The first-order chi connectivity index (χ1) is 15.7. The molecule has 1 saturated heterocycles. The summed E-state index contributed by atoms with van der Waals surface area (Å²) in [5.41, 5.74) is 1.60. The maximum absolute atomic E-state index is 14.4. The number of halogens is 1. The van der Waals surface area contributed by atoms with Crippen LogP contribution in [0.5, 0.6) is 5.75 Å². The first-order valence-electron chi connectivity index (χ1n) is 10.9. The molecule has 0 aromatic carbocycles. The van der Waals surface area contributed by atoms with Crippen LogP contribution in [-0.2, 0) is 4.79 Å². The molecule has 1 unspecified atom stereocenters. The molecule has 9 heteroatoms. The van der Waals surface area contributed by atoms with Crippen LogP contribution in [-0.4, -0.2) is 46.3 Å².